The third-order valence-electron chi connectivity index (χ3n) is 2.58. The molecule has 0 heterocycles. The van der Waals surface area contributed by atoms with Crippen LogP contribution in [0.15, 0.2) is 24.3 Å². The molecule has 0 spiro atoms. The zero-order valence-electron chi connectivity index (χ0n) is 12.1. The largest absolute Gasteiger partial charge is 0.598 e. The van der Waals surface area contributed by atoms with Crippen LogP contribution in [0.1, 0.15) is 46.2 Å². The van der Waals surface area contributed by atoms with E-state index in [9.17, 15) is 9.35 Å². The number of hydrogen-bond acceptors (Lipinski definition) is 3. The zero-order valence-corrected chi connectivity index (χ0v) is 12.9. The standard InChI is InChI=1S/C14H22N2O2S/c1-10(16-19(18)14(3,4)5)12-8-6-7-9-13(12)15-11(2)17/h6-10,16H,1-5H3,(H,15,17). The number of benzene rings is 1. The molecular weight excluding hydrogens is 260 g/mol. The molecule has 19 heavy (non-hydrogen) atoms. The van der Waals surface area contributed by atoms with E-state index < -0.39 is 11.4 Å². The van der Waals surface area contributed by atoms with Gasteiger partial charge in [0, 0.05) is 24.0 Å². The van der Waals surface area contributed by atoms with Gasteiger partial charge in [0.15, 0.2) is 0 Å². The lowest BCUT2D eigenvalue weighted by Gasteiger charge is -2.27. The highest BCUT2D eigenvalue weighted by Gasteiger charge is 2.28. The summed E-state index contributed by atoms with van der Waals surface area (Å²) in [5, 5.41) is 2.79. The summed E-state index contributed by atoms with van der Waals surface area (Å²) in [5.74, 6) is -0.114. The van der Waals surface area contributed by atoms with E-state index >= 15 is 0 Å². The van der Waals surface area contributed by atoms with Gasteiger partial charge in [-0.25, -0.2) is 0 Å². The number of amides is 1. The van der Waals surface area contributed by atoms with E-state index in [0.29, 0.717) is 0 Å². The fourth-order valence-electron chi connectivity index (χ4n) is 1.58. The second-order valence-corrected chi connectivity index (χ2v) is 7.49. The molecule has 0 fully saturated rings. The van der Waals surface area contributed by atoms with Gasteiger partial charge in [0.05, 0.1) is 6.04 Å². The maximum Gasteiger partial charge on any atom is 0.221 e. The molecule has 1 aromatic rings. The molecule has 4 nitrogen and oxygen atoms in total. The molecule has 5 heteroatoms. The van der Waals surface area contributed by atoms with Gasteiger partial charge in [0.25, 0.3) is 0 Å². The van der Waals surface area contributed by atoms with Crippen molar-refractivity contribution in [3.8, 4) is 0 Å². The minimum absolute atomic E-state index is 0.108. The topological polar surface area (TPSA) is 64.2 Å². The SMILES string of the molecule is CC(=O)Nc1ccccc1C(C)N[S+]([O-])C(C)(C)C. The monoisotopic (exact) mass is 282 g/mol. The van der Waals surface area contributed by atoms with E-state index in [0.717, 1.165) is 11.3 Å². The van der Waals surface area contributed by atoms with Crippen LogP contribution in [-0.4, -0.2) is 15.2 Å². The second-order valence-electron chi connectivity index (χ2n) is 5.49. The van der Waals surface area contributed by atoms with Crippen molar-refractivity contribution in [1.82, 2.24) is 4.72 Å². The molecule has 0 saturated heterocycles. The summed E-state index contributed by atoms with van der Waals surface area (Å²) in [7, 11) is 0. The van der Waals surface area contributed by atoms with Gasteiger partial charge in [0.1, 0.15) is 4.75 Å². The number of rotatable bonds is 4. The molecule has 0 aromatic heterocycles. The molecule has 2 unspecified atom stereocenters. The third kappa shape index (κ3) is 4.86. The Bertz CT molecular complexity index is 443. The summed E-state index contributed by atoms with van der Waals surface area (Å²) in [6.07, 6.45) is 0. The quantitative estimate of drug-likeness (QED) is 0.835. The zero-order chi connectivity index (χ0) is 14.6. The Morgan fingerprint density at radius 3 is 2.42 bits per heavy atom. The highest BCUT2D eigenvalue weighted by molar-refractivity contribution is 7.90. The summed E-state index contributed by atoms with van der Waals surface area (Å²) >= 11 is -1.15. The van der Waals surface area contributed by atoms with Crippen molar-refractivity contribution in [1.29, 1.82) is 0 Å². The molecule has 2 N–H and O–H groups in total. The summed E-state index contributed by atoms with van der Waals surface area (Å²) in [4.78, 5) is 11.2. The van der Waals surface area contributed by atoms with Crippen LogP contribution in [-0.2, 0) is 16.2 Å². The van der Waals surface area contributed by atoms with Gasteiger partial charge in [-0.2, -0.15) is 0 Å². The van der Waals surface area contributed by atoms with Crippen LogP contribution < -0.4 is 10.0 Å². The number of para-hydroxylation sites is 1. The smallest absolute Gasteiger partial charge is 0.221 e. The van der Waals surface area contributed by atoms with Gasteiger partial charge >= 0.3 is 0 Å². The van der Waals surface area contributed by atoms with Gasteiger partial charge < -0.3 is 9.87 Å². The molecule has 0 radical (unpaired) electrons. The fourth-order valence-corrected chi connectivity index (χ4v) is 2.38. The van der Waals surface area contributed by atoms with E-state index in [1.54, 1.807) is 0 Å². The molecule has 106 valence electrons. The first-order chi connectivity index (χ1) is 8.71. The Morgan fingerprint density at radius 2 is 1.89 bits per heavy atom. The first-order valence-electron chi connectivity index (χ1n) is 6.26. The van der Waals surface area contributed by atoms with Crippen molar-refractivity contribution in [2.24, 2.45) is 0 Å². The molecule has 1 amide bonds. The lowest BCUT2D eigenvalue weighted by atomic mass is 10.1. The van der Waals surface area contributed by atoms with Crippen molar-refractivity contribution in [3.05, 3.63) is 29.8 Å². The minimum atomic E-state index is -1.15. The lowest BCUT2D eigenvalue weighted by molar-refractivity contribution is -0.114. The Balaban J connectivity index is 2.87. The van der Waals surface area contributed by atoms with Gasteiger partial charge in [-0.15, -0.1) is 4.72 Å². The van der Waals surface area contributed by atoms with Gasteiger partial charge in [-0.05, 0) is 39.3 Å². The summed E-state index contributed by atoms with van der Waals surface area (Å²) in [5.41, 5.74) is 1.68. The Morgan fingerprint density at radius 1 is 1.32 bits per heavy atom. The molecular formula is C14H22N2O2S. The van der Waals surface area contributed by atoms with Crippen molar-refractivity contribution in [2.75, 3.05) is 5.32 Å². The Hall–Kier alpha value is -1.04. The average molecular weight is 282 g/mol. The molecule has 0 saturated carbocycles. The summed E-state index contributed by atoms with van der Waals surface area (Å²) in [6, 6.07) is 7.42. The van der Waals surface area contributed by atoms with Gasteiger partial charge in [-0.1, -0.05) is 18.2 Å². The van der Waals surface area contributed by atoms with Crippen LogP contribution in [0.2, 0.25) is 0 Å². The fraction of sp³-hybridized carbons (Fsp3) is 0.500. The number of nitrogens with one attached hydrogen (secondary N) is 2. The highest BCUT2D eigenvalue weighted by atomic mass is 32.2. The first kappa shape index (κ1) is 16.0. The number of anilines is 1. The predicted molar refractivity (Wildman–Crippen MR) is 80.2 cm³/mol. The van der Waals surface area contributed by atoms with Crippen LogP contribution in [0.25, 0.3) is 0 Å². The molecule has 2 atom stereocenters. The number of carbonyl (C=O) groups excluding carboxylic acids is 1. The third-order valence-corrected chi connectivity index (χ3v) is 4.26. The number of carbonyl (C=O) groups is 1. The lowest BCUT2D eigenvalue weighted by Crippen LogP contribution is -2.40. The van der Waals surface area contributed by atoms with E-state index in [2.05, 4.69) is 10.0 Å². The second kappa shape index (κ2) is 6.41. The number of hydrogen-bond donors (Lipinski definition) is 2. The average Bonchev–Trinajstić information content (AvgIpc) is 2.27. The van der Waals surface area contributed by atoms with E-state index in [4.69, 9.17) is 0 Å². The first-order valence-corrected chi connectivity index (χ1v) is 7.41. The van der Waals surface area contributed by atoms with Crippen molar-refractivity contribution < 1.29 is 9.35 Å². The van der Waals surface area contributed by atoms with Crippen molar-refractivity contribution in [3.63, 3.8) is 0 Å². The van der Waals surface area contributed by atoms with Crippen LogP contribution in [0.5, 0.6) is 0 Å². The van der Waals surface area contributed by atoms with Crippen LogP contribution in [0, 0.1) is 0 Å². The van der Waals surface area contributed by atoms with E-state index in [1.807, 2.05) is 52.0 Å². The molecule has 0 aliphatic carbocycles. The Labute approximate surface area is 118 Å². The van der Waals surface area contributed by atoms with Gasteiger partial charge in [-0.3, -0.25) is 4.79 Å². The van der Waals surface area contributed by atoms with Crippen molar-refractivity contribution >= 4 is 23.0 Å². The molecule has 0 aliphatic heterocycles. The predicted octanol–water partition coefficient (Wildman–Crippen LogP) is 2.76. The van der Waals surface area contributed by atoms with Crippen LogP contribution in [0.3, 0.4) is 0 Å². The summed E-state index contributed by atoms with van der Waals surface area (Å²) in [6.45, 7) is 9.17. The van der Waals surface area contributed by atoms with Crippen LogP contribution in [0.4, 0.5) is 5.69 Å². The normalized spacial score (nSPS) is 14.8. The summed E-state index contributed by atoms with van der Waals surface area (Å²) < 4.78 is 14.8. The highest BCUT2D eigenvalue weighted by Crippen LogP contribution is 2.25. The minimum Gasteiger partial charge on any atom is -0.598 e. The Kier molecular flexibility index (Phi) is 5.40. The molecule has 1 rings (SSSR count). The van der Waals surface area contributed by atoms with Crippen LogP contribution >= 0.6 is 0 Å². The van der Waals surface area contributed by atoms with E-state index in [1.165, 1.54) is 6.92 Å². The van der Waals surface area contributed by atoms with Gasteiger partial charge in [0.2, 0.25) is 5.91 Å². The maximum atomic E-state index is 12.1. The maximum absolute atomic E-state index is 12.1. The van der Waals surface area contributed by atoms with E-state index in [-0.39, 0.29) is 16.7 Å². The van der Waals surface area contributed by atoms with Crippen molar-refractivity contribution in [2.45, 2.75) is 45.4 Å². The molecule has 0 bridgehead atoms. The molecule has 1 aromatic carbocycles. The molecule has 0 aliphatic rings.